The summed E-state index contributed by atoms with van der Waals surface area (Å²) in [6.45, 7) is 4.31. The average molecular weight is 252 g/mol. The van der Waals surface area contributed by atoms with E-state index in [2.05, 4.69) is 13.8 Å². The fourth-order valence-corrected chi connectivity index (χ4v) is 3.09. The molecule has 1 rings (SSSR count). The van der Waals surface area contributed by atoms with Gasteiger partial charge < -0.3 is 5.73 Å². The van der Waals surface area contributed by atoms with Crippen LogP contribution in [0.3, 0.4) is 0 Å². The van der Waals surface area contributed by atoms with E-state index in [0.29, 0.717) is 10.3 Å². The zero-order valence-electron chi connectivity index (χ0n) is 8.39. The summed E-state index contributed by atoms with van der Waals surface area (Å²) >= 11 is 13.3. The number of rotatable bonds is 4. The third-order valence-electron chi connectivity index (χ3n) is 2.40. The second kappa shape index (κ2) is 5.36. The molecule has 0 aromatic carbocycles. The summed E-state index contributed by atoms with van der Waals surface area (Å²) in [5, 5.41) is 0. The van der Waals surface area contributed by atoms with E-state index < -0.39 is 0 Å². The Labute approximate surface area is 99.2 Å². The first-order valence-corrected chi connectivity index (χ1v) is 6.33. The maximum absolute atomic E-state index is 6.10. The smallest absolute Gasteiger partial charge is 0.0991 e. The van der Waals surface area contributed by atoms with Crippen molar-refractivity contribution in [3.8, 4) is 0 Å². The Morgan fingerprint density at radius 3 is 2.57 bits per heavy atom. The van der Waals surface area contributed by atoms with E-state index in [-0.39, 0.29) is 6.04 Å². The zero-order chi connectivity index (χ0) is 10.7. The minimum atomic E-state index is 0.00574. The van der Waals surface area contributed by atoms with Crippen LogP contribution in [0.15, 0.2) is 6.07 Å². The van der Waals surface area contributed by atoms with Crippen LogP contribution in [0.1, 0.15) is 38.3 Å². The molecule has 0 saturated heterocycles. The first-order chi connectivity index (χ1) is 6.56. The molecule has 1 aromatic heterocycles. The molecule has 2 unspecified atom stereocenters. The van der Waals surface area contributed by atoms with Gasteiger partial charge in [-0.2, -0.15) is 0 Å². The largest absolute Gasteiger partial charge is 0.324 e. The van der Waals surface area contributed by atoms with E-state index in [4.69, 9.17) is 28.9 Å². The molecule has 1 heterocycles. The molecule has 0 saturated carbocycles. The van der Waals surface area contributed by atoms with Crippen molar-refractivity contribution in [1.29, 1.82) is 0 Å². The molecule has 1 aromatic rings. The third-order valence-corrected chi connectivity index (χ3v) is 3.92. The van der Waals surface area contributed by atoms with Crippen LogP contribution in [-0.4, -0.2) is 0 Å². The molecule has 0 spiro atoms. The molecule has 2 atom stereocenters. The quantitative estimate of drug-likeness (QED) is 0.839. The van der Waals surface area contributed by atoms with Crippen molar-refractivity contribution in [1.82, 2.24) is 0 Å². The minimum Gasteiger partial charge on any atom is -0.324 e. The first-order valence-electron chi connectivity index (χ1n) is 4.76. The van der Waals surface area contributed by atoms with E-state index in [0.717, 1.165) is 22.7 Å². The van der Waals surface area contributed by atoms with Gasteiger partial charge in [-0.1, -0.05) is 43.5 Å². The highest BCUT2D eigenvalue weighted by Gasteiger charge is 2.18. The van der Waals surface area contributed by atoms with Crippen molar-refractivity contribution in [3.05, 3.63) is 20.3 Å². The van der Waals surface area contributed by atoms with Gasteiger partial charge >= 0.3 is 0 Å². The Hall–Kier alpha value is 0.240. The standard InChI is InChI=1S/C10H15Cl2NS/c1-3-4-6(2)9(13)7-5-8(11)14-10(7)12/h5-6,9H,3-4,13H2,1-2H3. The van der Waals surface area contributed by atoms with Crippen molar-refractivity contribution in [2.75, 3.05) is 0 Å². The maximum Gasteiger partial charge on any atom is 0.0991 e. The van der Waals surface area contributed by atoms with Crippen molar-refractivity contribution < 1.29 is 0 Å². The molecule has 0 amide bonds. The molecule has 14 heavy (non-hydrogen) atoms. The van der Waals surface area contributed by atoms with Crippen LogP contribution in [0.2, 0.25) is 8.67 Å². The van der Waals surface area contributed by atoms with Gasteiger partial charge in [0.1, 0.15) is 0 Å². The molecule has 0 aliphatic heterocycles. The van der Waals surface area contributed by atoms with E-state index in [1.165, 1.54) is 11.3 Å². The molecular weight excluding hydrogens is 237 g/mol. The van der Waals surface area contributed by atoms with Crippen LogP contribution in [0.25, 0.3) is 0 Å². The summed E-state index contributed by atoms with van der Waals surface area (Å²) in [7, 11) is 0. The molecule has 80 valence electrons. The fourth-order valence-electron chi connectivity index (χ4n) is 1.52. The zero-order valence-corrected chi connectivity index (χ0v) is 10.7. The number of thiophene rings is 1. The molecule has 0 aliphatic carbocycles. The lowest BCUT2D eigenvalue weighted by molar-refractivity contribution is 0.434. The normalized spacial score (nSPS) is 15.5. The van der Waals surface area contributed by atoms with Gasteiger partial charge in [0.05, 0.1) is 8.67 Å². The van der Waals surface area contributed by atoms with Crippen molar-refractivity contribution in [3.63, 3.8) is 0 Å². The molecule has 0 aliphatic rings. The van der Waals surface area contributed by atoms with E-state index in [1.807, 2.05) is 6.07 Å². The molecule has 2 N–H and O–H groups in total. The molecule has 1 nitrogen and oxygen atoms in total. The summed E-state index contributed by atoms with van der Waals surface area (Å²) < 4.78 is 1.44. The monoisotopic (exact) mass is 251 g/mol. The maximum atomic E-state index is 6.10. The fraction of sp³-hybridized carbons (Fsp3) is 0.600. The predicted molar refractivity (Wildman–Crippen MR) is 65.3 cm³/mol. The number of nitrogens with two attached hydrogens (primary N) is 1. The molecular formula is C10H15Cl2NS. The molecule has 0 bridgehead atoms. The van der Waals surface area contributed by atoms with E-state index >= 15 is 0 Å². The highest BCUT2D eigenvalue weighted by molar-refractivity contribution is 7.20. The Morgan fingerprint density at radius 2 is 2.14 bits per heavy atom. The number of halogens is 2. The summed E-state index contributed by atoms with van der Waals surface area (Å²) in [4.78, 5) is 0. The van der Waals surface area contributed by atoms with Gasteiger partial charge in [-0.05, 0) is 18.4 Å². The Morgan fingerprint density at radius 1 is 1.50 bits per heavy atom. The molecule has 0 fully saturated rings. The number of hydrogen-bond acceptors (Lipinski definition) is 2. The average Bonchev–Trinajstić information content (AvgIpc) is 2.44. The lowest BCUT2D eigenvalue weighted by Gasteiger charge is -2.18. The van der Waals surface area contributed by atoms with Gasteiger partial charge in [-0.15, -0.1) is 11.3 Å². The van der Waals surface area contributed by atoms with Crippen LogP contribution >= 0.6 is 34.5 Å². The van der Waals surface area contributed by atoms with E-state index in [1.54, 1.807) is 0 Å². The Bertz CT molecular complexity index is 298. The number of hydrogen-bond donors (Lipinski definition) is 1. The van der Waals surface area contributed by atoms with Crippen molar-refractivity contribution in [2.45, 2.75) is 32.7 Å². The topological polar surface area (TPSA) is 26.0 Å². The van der Waals surface area contributed by atoms with Crippen LogP contribution in [0.5, 0.6) is 0 Å². The first kappa shape index (κ1) is 12.3. The summed E-state index contributed by atoms with van der Waals surface area (Å²) in [6.07, 6.45) is 2.26. The highest BCUT2D eigenvalue weighted by Crippen LogP contribution is 2.37. The predicted octanol–water partition coefficient (Wildman–Crippen LogP) is 4.49. The van der Waals surface area contributed by atoms with Gasteiger partial charge in [0.25, 0.3) is 0 Å². The van der Waals surface area contributed by atoms with E-state index in [9.17, 15) is 0 Å². The van der Waals surface area contributed by atoms with Crippen LogP contribution < -0.4 is 5.73 Å². The summed E-state index contributed by atoms with van der Waals surface area (Å²) in [6, 6.07) is 1.89. The third kappa shape index (κ3) is 2.86. The molecule has 0 radical (unpaired) electrons. The Kier molecular flexibility index (Phi) is 4.71. The molecule has 4 heteroatoms. The van der Waals surface area contributed by atoms with Crippen molar-refractivity contribution >= 4 is 34.5 Å². The highest BCUT2D eigenvalue weighted by atomic mass is 35.5. The van der Waals surface area contributed by atoms with Crippen molar-refractivity contribution in [2.24, 2.45) is 11.7 Å². The second-order valence-electron chi connectivity index (χ2n) is 3.57. The van der Waals surface area contributed by atoms with Crippen LogP contribution in [0.4, 0.5) is 0 Å². The van der Waals surface area contributed by atoms with Gasteiger partial charge in [-0.25, -0.2) is 0 Å². The lowest BCUT2D eigenvalue weighted by atomic mass is 9.93. The van der Waals surface area contributed by atoms with Gasteiger partial charge in [0.2, 0.25) is 0 Å². The Balaban J connectivity index is 2.77. The lowest BCUT2D eigenvalue weighted by Crippen LogP contribution is -2.18. The SMILES string of the molecule is CCCC(C)C(N)c1cc(Cl)sc1Cl. The van der Waals surface area contributed by atoms with Gasteiger partial charge in [-0.3, -0.25) is 0 Å². The van der Waals surface area contributed by atoms with Crippen LogP contribution in [-0.2, 0) is 0 Å². The summed E-state index contributed by atoms with van der Waals surface area (Å²) in [5.74, 6) is 0.447. The van der Waals surface area contributed by atoms with Gasteiger partial charge in [0.15, 0.2) is 0 Å². The second-order valence-corrected chi connectivity index (χ2v) is 5.86. The minimum absolute atomic E-state index is 0.00574. The summed E-state index contributed by atoms with van der Waals surface area (Å²) in [5.41, 5.74) is 7.09. The van der Waals surface area contributed by atoms with Crippen LogP contribution in [0, 0.1) is 5.92 Å². The van der Waals surface area contributed by atoms with Gasteiger partial charge in [0, 0.05) is 11.6 Å².